The van der Waals surface area contributed by atoms with Crippen LogP contribution >= 0.6 is 0 Å². The van der Waals surface area contributed by atoms with Crippen LogP contribution in [0.4, 0.5) is 0 Å². The molecule has 4 atom stereocenters. The first-order valence-corrected chi connectivity index (χ1v) is 8.32. The molecule has 9 nitrogen and oxygen atoms in total. The van der Waals surface area contributed by atoms with Crippen LogP contribution in [0.5, 0.6) is 11.5 Å². The van der Waals surface area contributed by atoms with Gasteiger partial charge >= 0.3 is 11.9 Å². The Bertz CT molecular complexity index is 730. The second-order valence-corrected chi connectivity index (χ2v) is 6.28. The van der Waals surface area contributed by atoms with Crippen molar-refractivity contribution in [3.05, 3.63) is 29.8 Å². The number of phenols is 2. The molecule has 27 heavy (non-hydrogen) atoms. The van der Waals surface area contributed by atoms with E-state index in [1.165, 1.54) is 24.3 Å². The van der Waals surface area contributed by atoms with Gasteiger partial charge in [-0.15, -0.1) is 0 Å². The summed E-state index contributed by atoms with van der Waals surface area (Å²) >= 11 is 0. The van der Waals surface area contributed by atoms with Crippen LogP contribution in [0.25, 0.3) is 6.08 Å². The first-order chi connectivity index (χ1) is 12.7. The molecule has 1 fully saturated rings. The Morgan fingerprint density at radius 3 is 2.56 bits per heavy atom. The lowest BCUT2D eigenvalue weighted by atomic mass is 9.79. The average Bonchev–Trinajstić information content (AvgIpc) is 2.60. The van der Waals surface area contributed by atoms with Gasteiger partial charge in [0.05, 0.1) is 12.7 Å². The molecule has 0 heterocycles. The standard InChI is InChI=1S/C18H22O9/c1-2-26-17(24)18(25)8-13(21)16(23)14(9-18)27-15(22)6-4-10-3-5-11(19)12(20)7-10/h3-7,13-14,16,19-21,23,25H,2,8-9H2,1H3/b6-4+/t13-,14-,16-,18+/m1/s1. The van der Waals surface area contributed by atoms with E-state index < -0.39 is 48.7 Å². The van der Waals surface area contributed by atoms with E-state index in [9.17, 15) is 35.1 Å². The monoisotopic (exact) mass is 382 g/mol. The number of phenolic OH excluding ortho intramolecular Hbond substituents is 2. The quantitative estimate of drug-likeness (QED) is 0.265. The Hall–Kier alpha value is -2.62. The van der Waals surface area contributed by atoms with Crippen LogP contribution in [0.15, 0.2) is 24.3 Å². The summed E-state index contributed by atoms with van der Waals surface area (Å²) in [6.45, 7) is 1.57. The van der Waals surface area contributed by atoms with Crippen molar-refractivity contribution in [2.45, 2.75) is 43.7 Å². The number of ether oxygens (including phenoxy) is 2. The average molecular weight is 382 g/mol. The first-order valence-electron chi connectivity index (χ1n) is 8.32. The van der Waals surface area contributed by atoms with Gasteiger partial charge in [-0.2, -0.15) is 0 Å². The molecule has 9 heteroatoms. The topological polar surface area (TPSA) is 154 Å². The Morgan fingerprint density at radius 1 is 1.22 bits per heavy atom. The van der Waals surface area contributed by atoms with Crippen molar-refractivity contribution in [1.29, 1.82) is 0 Å². The summed E-state index contributed by atoms with van der Waals surface area (Å²) in [4.78, 5) is 23.9. The molecule has 148 valence electrons. The Morgan fingerprint density at radius 2 is 1.93 bits per heavy atom. The van der Waals surface area contributed by atoms with Gasteiger partial charge in [-0.3, -0.25) is 0 Å². The fourth-order valence-electron chi connectivity index (χ4n) is 2.79. The van der Waals surface area contributed by atoms with E-state index in [1.807, 2.05) is 0 Å². The normalized spacial score (nSPS) is 28.1. The maximum atomic E-state index is 12.0. The van der Waals surface area contributed by atoms with E-state index >= 15 is 0 Å². The summed E-state index contributed by atoms with van der Waals surface area (Å²) in [6.07, 6.45) is -2.85. The second-order valence-electron chi connectivity index (χ2n) is 6.28. The largest absolute Gasteiger partial charge is 0.504 e. The fraction of sp³-hybridized carbons (Fsp3) is 0.444. The first kappa shape index (κ1) is 20.7. The SMILES string of the molecule is CCOC(=O)[C@]1(O)C[C@@H](O)[C@@H](O)[C@H](OC(=O)/C=C/c2ccc(O)c(O)c2)C1. The van der Waals surface area contributed by atoms with E-state index in [4.69, 9.17) is 9.47 Å². The maximum Gasteiger partial charge on any atom is 0.338 e. The molecule has 0 aliphatic heterocycles. The van der Waals surface area contributed by atoms with Gasteiger partial charge in [-0.25, -0.2) is 9.59 Å². The zero-order chi connectivity index (χ0) is 20.2. The van der Waals surface area contributed by atoms with Crippen LogP contribution < -0.4 is 0 Å². The van der Waals surface area contributed by atoms with Gasteiger partial charge in [-0.05, 0) is 30.7 Å². The molecule has 0 saturated heterocycles. The predicted molar refractivity (Wildman–Crippen MR) is 91.5 cm³/mol. The molecule has 1 aromatic carbocycles. The highest BCUT2D eigenvalue weighted by molar-refractivity contribution is 5.87. The number of aromatic hydroxyl groups is 2. The zero-order valence-corrected chi connectivity index (χ0v) is 14.6. The number of carbonyl (C=O) groups is 2. The van der Waals surface area contributed by atoms with Crippen molar-refractivity contribution in [3.63, 3.8) is 0 Å². The Labute approximate surface area is 155 Å². The van der Waals surface area contributed by atoms with Crippen LogP contribution in [-0.4, -0.2) is 68.0 Å². The highest BCUT2D eigenvalue weighted by atomic mass is 16.6. The number of hydrogen-bond acceptors (Lipinski definition) is 9. The van der Waals surface area contributed by atoms with Crippen LogP contribution in [0.2, 0.25) is 0 Å². The molecule has 5 N–H and O–H groups in total. The molecular weight excluding hydrogens is 360 g/mol. The van der Waals surface area contributed by atoms with Crippen molar-refractivity contribution in [1.82, 2.24) is 0 Å². The lowest BCUT2D eigenvalue weighted by Gasteiger charge is -2.39. The van der Waals surface area contributed by atoms with Crippen LogP contribution in [0.1, 0.15) is 25.3 Å². The van der Waals surface area contributed by atoms with Crippen LogP contribution in [0.3, 0.4) is 0 Å². The molecule has 0 bridgehead atoms. The third-order valence-electron chi connectivity index (χ3n) is 4.20. The summed E-state index contributed by atoms with van der Waals surface area (Å²) in [7, 11) is 0. The summed E-state index contributed by atoms with van der Waals surface area (Å²) in [5, 5.41) is 49.0. The number of rotatable bonds is 5. The summed E-state index contributed by atoms with van der Waals surface area (Å²) in [5.41, 5.74) is -1.68. The minimum Gasteiger partial charge on any atom is -0.504 e. The molecular formula is C18H22O9. The predicted octanol–water partition coefficient (Wildman–Crippen LogP) is -0.167. The van der Waals surface area contributed by atoms with E-state index in [-0.39, 0.29) is 18.1 Å². The molecule has 2 rings (SSSR count). The summed E-state index contributed by atoms with van der Waals surface area (Å²) < 4.78 is 9.83. The number of aliphatic hydroxyl groups excluding tert-OH is 2. The molecule has 1 aliphatic carbocycles. The molecule has 0 amide bonds. The zero-order valence-electron chi connectivity index (χ0n) is 14.6. The minimum absolute atomic E-state index is 0.0203. The molecule has 0 unspecified atom stereocenters. The summed E-state index contributed by atoms with van der Waals surface area (Å²) in [5.74, 6) is -2.54. The smallest absolute Gasteiger partial charge is 0.338 e. The Balaban J connectivity index is 2.06. The number of esters is 2. The van der Waals surface area contributed by atoms with Gasteiger partial charge in [0.2, 0.25) is 0 Å². The number of benzene rings is 1. The number of aliphatic hydroxyl groups is 3. The minimum atomic E-state index is -2.08. The van der Waals surface area contributed by atoms with Gasteiger partial charge in [0.15, 0.2) is 17.1 Å². The Kier molecular flexibility index (Phi) is 6.42. The van der Waals surface area contributed by atoms with Crippen molar-refractivity contribution in [3.8, 4) is 11.5 Å². The van der Waals surface area contributed by atoms with Crippen molar-refractivity contribution < 1.29 is 44.6 Å². The van der Waals surface area contributed by atoms with Crippen molar-refractivity contribution in [2.24, 2.45) is 0 Å². The van der Waals surface area contributed by atoms with Gasteiger partial charge < -0.3 is 35.0 Å². The third-order valence-corrected chi connectivity index (χ3v) is 4.20. The van der Waals surface area contributed by atoms with Crippen molar-refractivity contribution >= 4 is 18.0 Å². The molecule has 0 radical (unpaired) electrons. The lowest BCUT2D eigenvalue weighted by molar-refractivity contribution is -0.199. The molecule has 1 aromatic rings. The maximum absolute atomic E-state index is 12.0. The molecule has 0 aromatic heterocycles. The number of carbonyl (C=O) groups excluding carboxylic acids is 2. The van der Waals surface area contributed by atoms with E-state index in [2.05, 4.69) is 0 Å². The van der Waals surface area contributed by atoms with E-state index in [1.54, 1.807) is 6.92 Å². The third kappa shape index (κ3) is 4.97. The van der Waals surface area contributed by atoms with E-state index in [0.29, 0.717) is 5.56 Å². The van der Waals surface area contributed by atoms with Crippen LogP contribution in [0, 0.1) is 0 Å². The highest BCUT2D eigenvalue weighted by Gasteiger charge is 2.51. The molecule has 1 aliphatic rings. The highest BCUT2D eigenvalue weighted by Crippen LogP contribution is 2.32. The van der Waals surface area contributed by atoms with E-state index in [0.717, 1.165) is 6.08 Å². The lowest BCUT2D eigenvalue weighted by Crippen LogP contribution is -2.57. The van der Waals surface area contributed by atoms with Gasteiger partial charge in [-0.1, -0.05) is 6.07 Å². The van der Waals surface area contributed by atoms with Crippen LogP contribution in [-0.2, 0) is 19.1 Å². The van der Waals surface area contributed by atoms with Gasteiger partial charge in [0, 0.05) is 18.9 Å². The number of hydrogen-bond donors (Lipinski definition) is 5. The molecule has 0 spiro atoms. The fourth-order valence-corrected chi connectivity index (χ4v) is 2.79. The second kappa shape index (κ2) is 8.38. The summed E-state index contributed by atoms with van der Waals surface area (Å²) in [6, 6.07) is 3.90. The molecule has 1 saturated carbocycles. The van der Waals surface area contributed by atoms with Gasteiger partial charge in [0.25, 0.3) is 0 Å². The van der Waals surface area contributed by atoms with Gasteiger partial charge in [0.1, 0.15) is 12.2 Å². The van der Waals surface area contributed by atoms with Crippen molar-refractivity contribution in [2.75, 3.05) is 6.61 Å².